The molecule has 0 aliphatic rings. The lowest BCUT2D eigenvalue weighted by molar-refractivity contribution is -0.114. The van der Waals surface area contributed by atoms with Crippen molar-refractivity contribution in [1.82, 2.24) is 9.97 Å². The van der Waals surface area contributed by atoms with E-state index in [2.05, 4.69) is 20.6 Å². The molecule has 0 aliphatic heterocycles. The molecule has 3 rings (SSSR count). The van der Waals surface area contributed by atoms with Gasteiger partial charge >= 0.3 is 0 Å². The largest absolute Gasteiger partial charge is 0.493 e. The highest BCUT2D eigenvalue weighted by Gasteiger charge is 2.14. The first kappa shape index (κ1) is 19.9. The summed E-state index contributed by atoms with van der Waals surface area (Å²) in [5.41, 5.74) is 3.06. The van der Waals surface area contributed by atoms with Gasteiger partial charge in [0, 0.05) is 42.2 Å². The number of nitrogens with zero attached hydrogens (tertiary/aromatic N) is 2. The number of anilines is 3. The quantitative estimate of drug-likeness (QED) is 0.628. The Morgan fingerprint density at radius 2 is 1.55 bits per heavy atom. The highest BCUT2D eigenvalue weighted by atomic mass is 16.5. The van der Waals surface area contributed by atoms with Gasteiger partial charge in [-0.25, -0.2) is 9.97 Å². The van der Waals surface area contributed by atoms with Crippen LogP contribution < -0.4 is 24.8 Å². The molecule has 1 amide bonds. The number of ether oxygens (including phenoxy) is 3. The van der Waals surface area contributed by atoms with Gasteiger partial charge in [0.1, 0.15) is 0 Å². The average Bonchev–Trinajstić information content (AvgIpc) is 2.73. The number of benzene rings is 2. The summed E-state index contributed by atoms with van der Waals surface area (Å²) in [4.78, 5) is 20.0. The van der Waals surface area contributed by atoms with Crippen LogP contribution >= 0.6 is 0 Å². The molecule has 0 saturated heterocycles. The zero-order chi connectivity index (χ0) is 20.8. The Hall–Kier alpha value is -3.81. The van der Waals surface area contributed by atoms with Gasteiger partial charge in [-0.1, -0.05) is 12.1 Å². The van der Waals surface area contributed by atoms with E-state index in [-0.39, 0.29) is 5.91 Å². The molecule has 150 valence electrons. The highest BCUT2D eigenvalue weighted by molar-refractivity contribution is 5.88. The predicted molar refractivity (Wildman–Crippen MR) is 111 cm³/mol. The minimum absolute atomic E-state index is 0.114. The Kier molecular flexibility index (Phi) is 6.13. The smallest absolute Gasteiger partial charge is 0.227 e. The number of carbonyl (C=O) groups excluding carboxylic acids is 1. The maximum atomic E-state index is 11.2. The lowest BCUT2D eigenvalue weighted by Crippen LogP contribution is -2.05. The third kappa shape index (κ3) is 4.73. The summed E-state index contributed by atoms with van der Waals surface area (Å²) in [6.07, 6.45) is 1.67. The molecule has 1 heterocycles. The van der Waals surface area contributed by atoms with Gasteiger partial charge in [-0.05, 0) is 18.2 Å². The normalized spacial score (nSPS) is 10.2. The summed E-state index contributed by atoms with van der Waals surface area (Å²) in [6.45, 7) is 1.47. The summed E-state index contributed by atoms with van der Waals surface area (Å²) in [5, 5.41) is 5.90. The molecule has 3 aromatic rings. The van der Waals surface area contributed by atoms with Crippen LogP contribution in [0.2, 0.25) is 0 Å². The van der Waals surface area contributed by atoms with Crippen molar-refractivity contribution < 1.29 is 19.0 Å². The van der Waals surface area contributed by atoms with E-state index >= 15 is 0 Å². The molecule has 0 aliphatic carbocycles. The first-order valence-electron chi connectivity index (χ1n) is 8.82. The lowest BCUT2D eigenvalue weighted by Gasteiger charge is -2.14. The number of amides is 1. The van der Waals surface area contributed by atoms with Crippen LogP contribution in [0, 0.1) is 0 Å². The molecule has 0 fully saturated rings. The molecule has 0 atom stereocenters. The molecule has 8 heteroatoms. The van der Waals surface area contributed by atoms with Gasteiger partial charge in [-0.3, -0.25) is 4.79 Å². The van der Waals surface area contributed by atoms with Crippen LogP contribution in [0.4, 0.5) is 17.3 Å². The number of nitrogens with one attached hydrogen (secondary N) is 2. The van der Waals surface area contributed by atoms with Gasteiger partial charge in [0.2, 0.25) is 17.6 Å². The molecule has 0 saturated carbocycles. The number of hydrogen-bond acceptors (Lipinski definition) is 7. The number of carbonyl (C=O) groups is 1. The van der Waals surface area contributed by atoms with E-state index in [1.807, 2.05) is 30.3 Å². The second-order valence-electron chi connectivity index (χ2n) is 6.06. The van der Waals surface area contributed by atoms with Crippen LogP contribution in [0.1, 0.15) is 6.92 Å². The third-order valence-electron chi connectivity index (χ3n) is 4.08. The Balaban J connectivity index is 1.86. The van der Waals surface area contributed by atoms with Crippen LogP contribution in [0.15, 0.2) is 48.7 Å². The Morgan fingerprint density at radius 3 is 2.10 bits per heavy atom. The van der Waals surface area contributed by atoms with E-state index < -0.39 is 0 Å². The zero-order valence-corrected chi connectivity index (χ0v) is 16.6. The van der Waals surface area contributed by atoms with Gasteiger partial charge in [0.15, 0.2) is 11.5 Å². The molecule has 0 unspecified atom stereocenters. The van der Waals surface area contributed by atoms with Crippen molar-refractivity contribution in [3.8, 4) is 28.5 Å². The van der Waals surface area contributed by atoms with Gasteiger partial charge < -0.3 is 24.8 Å². The maximum absolute atomic E-state index is 11.2. The fraction of sp³-hybridized carbons (Fsp3) is 0.190. The summed E-state index contributed by atoms with van der Waals surface area (Å²) < 4.78 is 16.1. The summed E-state index contributed by atoms with van der Waals surface area (Å²) in [5.74, 6) is 1.87. The van der Waals surface area contributed by atoms with Crippen LogP contribution in [-0.4, -0.2) is 37.2 Å². The van der Waals surface area contributed by atoms with E-state index in [0.29, 0.717) is 28.9 Å². The maximum Gasteiger partial charge on any atom is 0.227 e. The second kappa shape index (κ2) is 8.92. The molecule has 1 aromatic heterocycles. The van der Waals surface area contributed by atoms with Crippen molar-refractivity contribution in [2.45, 2.75) is 6.92 Å². The van der Waals surface area contributed by atoms with Crippen molar-refractivity contribution in [1.29, 1.82) is 0 Å². The highest BCUT2D eigenvalue weighted by Crippen LogP contribution is 2.40. The van der Waals surface area contributed by atoms with Gasteiger partial charge in [-0.2, -0.15) is 0 Å². The van der Waals surface area contributed by atoms with Crippen molar-refractivity contribution in [2.24, 2.45) is 0 Å². The van der Waals surface area contributed by atoms with Crippen molar-refractivity contribution >= 4 is 23.2 Å². The lowest BCUT2D eigenvalue weighted by atomic mass is 10.1. The molecule has 2 N–H and O–H groups in total. The molecular formula is C21H22N4O4. The van der Waals surface area contributed by atoms with Gasteiger partial charge in [-0.15, -0.1) is 0 Å². The van der Waals surface area contributed by atoms with E-state index in [1.54, 1.807) is 39.7 Å². The Labute approximate surface area is 168 Å². The fourth-order valence-corrected chi connectivity index (χ4v) is 2.79. The Bertz CT molecular complexity index is 981. The summed E-state index contributed by atoms with van der Waals surface area (Å²) in [7, 11) is 4.67. The number of hydrogen-bond donors (Lipinski definition) is 2. The number of methoxy groups -OCH3 is 3. The number of rotatable bonds is 7. The topological polar surface area (TPSA) is 94.6 Å². The molecule has 0 spiro atoms. The SMILES string of the molecule is COc1cc(Nc2nccc(-c3ccc(NC(C)=O)cc3)n2)cc(OC)c1OC. The van der Waals surface area contributed by atoms with Crippen molar-refractivity contribution in [2.75, 3.05) is 32.0 Å². The van der Waals surface area contributed by atoms with Gasteiger partial charge in [0.05, 0.1) is 27.0 Å². The third-order valence-corrected chi connectivity index (χ3v) is 4.08. The van der Waals surface area contributed by atoms with E-state index in [9.17, 15) is 4.79 Å². The van der Waals surface area contributed by atoms with E-state index in [1.165, 1.54) is 6.92 Å². The van der Waals surface area contributed by atoms with Crippen LogP contribution in [-0.2, 0) is 4.79 Å². The molecule has 0 bridgehead atoms. The summed E-state index contributed by atoms with van der Waals surface area (Å²) in [6, 6.07) is 12.8. The molecule has 29 heavy (non-hydrogen) atoms. The minimum atomic E-state index is -0.114. The van der Waals surface area contributed by atoms with E-state index in [4.69, 9.17) is 14.2 Å². The first-order chi connectivity index (χ1) is 14.0. The van der Waals surface area contributed by atoms with Crippen LogP contribution in [0.3, 0.4) is 0 Å². The van der Waals surface area contributed by atoms with Crippen molar-refractivity contribution in [3.05, 3.63) is 48.7 Å². The first-order valence-corrected chi connectivity index (χ1v) is 8.82. The van der Waals surface area contributed by atoms with Crippen LogP contribution in [0.5, 0.6) is 17.2 Å². The molecule has 0 radical (unpaired) electrons. The predicted octanol–water partition coefficient (Wildman–Crippen LogP) is 3.87. The van der Waals surface area contributed by atoms with Crippen molar-refractivity contribution in [3.63, 3.8) is 0 Å². The average molecular weight is 394 g/mol. The minimum Gasteiger partial charge on any atom is -0.493 e. The monoisotopic (exact) mass is 394 g/mol. The fourth-order valence-electron chi connectivity index (χ4n) is 2.79. The second-order valence-corrected chi connectivity index (χ2v) is 6.06. The molecule has 2 aromatic carbocycles. The standard InChI is InChI=1S/C21H22N4O4/c1-13(26)23-15-7-5-14(6-8-15)17-9-10-22-21(25-17)24-16-11-18(27-2)20(29-4)19(12-16)28-3/h5-12H,1-4H3,(H,23,26)(H,22,24,25). The van der Waals surface area contributed by atoms with Gasteiger partial charge in [0.25, 0.3) is 0 Å². The zero-order valence-electron chi connectivity index (χ0n) is 16.6. The number of aromatic nitrogens is 2. The summed E-state index contributed by atoms with van der Waals surface area (Å²) >= 11 is 0. The Morgan fingerprint density at radius 1 is 0.897 bits per heavy atom. The van der Waals surface area contributed by atoms with Crippen LogP contribution in [0.25, 0.3) is 11.3 Å². The van der Waals surface area contributed by atoms with E-state index in [0.717, 1.165) is 16.9 Å². The molecular weight excluding hydrogens is 372 g/mol. The molecule has 8 nitrogen and oxygen atoms in total.